The molecule has 0 N–H and O–H groups in total. The van der Waals surface area contributed by atoms with Crippen LogP contribution < -0.4 is 0 Å². The maximum atomic E-state index is 12.6. The van der Waals surface area contributed by atoms with Gasteiger partial charge in [0.05, 0.1) is 11.0 Å². The molecule has 1 aromatic rings. The number of nitrogens with zero attached hydrogens (tertiary/aromatic N) is 3. The summed E-state index contributed by atoms with van der Waals surface area (Å²) in [5.74, 6) is 0.0428. The van der Waals surface area contributed by atoms with Crippen molar-refractivity contribution in [1.82, 2.24) is 4.31 Å². The number of hydrogen-bond acceptors (Lipinski definition) is 5. The van der Waals surface area contributed by atoms with Crippen molar-refractivity contribution in [3.8, 4) is 6.07 Å². The Labute approximate surface area is 124 Å². The Hall–Kier alpha value is -1.98. The number of nitriles is 1. The summed E-state index contributed by atoms with van der Waals surface area (Å²) < 4.78 is 26.4. The second kappa shape index (κ2) is 7.15. The van der Waals surface area contributed by atoms with Crippen LogP contribution in [0, 0.1) is 27.4 Å². The first-order valence-electron chi connectivity index (χ1n) is 6.41. The minimum atomic E-state index is -4.00. The molecule has 0 heterocycles. The summed E-state index contributed by atoms with van der Waals surface area (Å²) in [6.45, 7) is 3.90. The molecule has 21 heavy (non-hydrogen) atoms. The predicted octanol–water partition coefficient (Wildman–Crippen LogP) is 2.16. The minimum absolute atomic E-state index is 0.0169. The van der Waals surface area contributed by atoms with Gasteiger partial charge in [-0.05, 0) is 12.0 Å². The van der Waals surface area contributed by atoms with E-state index in [-0.39, 0.29) is 30.3 Å². The first-order chi connectivity index (χ1) is 9.80. The third-order valence-electron chi connectivity index (χ3n) is 2.72. The zero-order valence-corrected chi connectivity index (χ0v) is 12.7. The van der Waals surface area contributed by atoms with Crippen LogP contribution in [-0.2, 0) is 10.0 Å². The van der Waals surface area contributed by atoms with E-state index in [9.17, 15) is 18.5 Å². The Bertz CT molecular complexity index is 650. The molecule has 0 spiro atoms. The molecule has 0 unspecified atom stereocenters. The molecule has 1 rings (SSSR count). The lowest BCUT2D eigenvalue weighted by Gasteiger charge is -2.22. The van der Waals surface area contributed by atoms with E-state index in [0.29, 0.717) is 0 Å². The van der Waals surface area contributed by atoms with Crippen molar-refractivity contribution in [3.63, 3.8) is 0 Å². The smallest absolute Gasteiger partial charge is 0.258 e. The molecule has 0 aliphatic heterocycles. The summed E-state index contributed by atoms with van der Waals surface area (Å²) in [6.07, 6.45) is 0.0343. The Morgan fingerprint density at radius 3 is 2.52 bits per heavy atom. The first-order valence-corrected chi connectivity index (χ1v) is 7.85. The van der Waals surface area contributed by atoms with Gasteiger partial charge in [0.2, 0.25) is 10.0 Å². The zero-order valence-electron chi connectivity index (χ0n) is 11.9. The largest absolute Gasteiger partial charge is 0.289 e. The molecule has 114 valence electrons. The van der Waals surface area contributed by atoms with Gasteiger partial charge in [-0.15, -0.1) is 0 Å². The Kier molecular flexibility index (Phi) is 5.81. The van der Waals surface area contributed by atoms with E-state index in [1.54, 1.807) is 0 Å². The van der Waals surface area contributed by atoms with E-state index < -0.39 is 20.6 Å². The van der Waals surface area contributed by atoms with E-state index in [4.69, 9.17) is 5.26 Å². The molecule has 1 aromatic carbocycles. The third kappa shape index (κ3) is 4.24. The van der Waals surface area contributed by atoms with E-state index in [0.717, 1.165) is 10.4 Å². The van der Waals surface area contributed by atoms with Crippen molar-refractivity contribution >= 4 is 15.7 Å². The number of hydrogen-bond donors (Lipinski definition) is 0. The normalized spacial score (nSPS) is 11.6. The summed E-state index contributed by atoms with van der Waals surface area (Å²) >= 11 is 0. The number of nitro benzene ring substituents is 1. The fourth-order valence-electron chi connectivity index (χ4n) is 1.86. The second-order valence-electron chi connectivity index (χ2n) is 4.89. The molecule has 0 aliphatic rings. The van der Waals surface area contributed by atoms with Crippen molar-refractivity contribution < 1.29 is 13.3 Å². The first kappa shape index (κ1) is 17.1. The van der Waals surface area contributed by atoms with E-state index in [1.165, 1.54) is 18.2 Å². The standard InChI is InChI=1S/C13H17N3O4S/c1-11(2)10-15(9-5-8-14)21(19,20)13-7-4-3-6-12(13)16(17)18/h3-4,6-7,11H,5,9-10H2,1-2H3. The molecule has 0 aliphatic carbocycles. The molecular weight excluding hydrogens is 294 g/mol. The van der Waals surface area contributed by atoms with Crippen LogP contribution >= 0.6 is 0 Å². The third-order valence-corrected chi connectivity index (χ3v) is 4.63. The predicted molar refractivity (Wildman–Crippen MR) is 76.9 cm³/mol. The van der Waals surface area contributed by atoms with Crippen LogP contribution in [0.25, 0.3) is 0 Å². The van der Waals surface area contributed by atoms with Crippen molar-refractivity contribution in [2.45, 2.75) is 25.2 Å². The van der Waals surface area contributed by atoms with Crippen molar-refractivity contribution in [3.05, 3.63) is 34.4 Å². The minimum Gasteiger partial charge on any atom is -0.258 e. The molecule has 8 heteroatoms. The van der Waals surface area contributed by atoms with Gasteiger partial charge in [-0.2, -0.15) is 9.57 Å². The van der Waals surface area contributed by atoms with Gasteiger partial charge < -0.3 is 0 Å². The number of sulfonamides is 1. The van der Waals surface area contributed by atoms with Gasteiger partial charge >= 0.3 is 0 Å². The second-order valence-corrected chi connectivity index (χ2v) is 6.80. The molecule has 0 fully saturated rings. The van der Waals surface area contributed by atoms with E-state index >= 15 is 0 Å². The van der Waals surface area contributed by atoms with E-state index in [1.807, 2.05) is 19.9 Å². The Balaban J connectivity index is 3.29. The molecule has 0 aromatic heterocycles. The maximum absolute atomic E-state index is 12.6. The van der Waals surface area contributed by atoms with Crippen LogP contribution in [0.3, 0.4) is 0 Å². The van der Waals surface area contributed by atoms with Crippen LogP contribution in [0.4, 0.5) is 5.69 Å². The summed E-state index contributed by atoms with van der Waals surface area (Å²) in [5, 5.41) is 19.6. The quantitative estimate of drug-likeness (QED) is 0.567. The SMILES string of the molecule is CC(C)CN(CCC#N)S(=O)(=O)c1ccccc1[N+](=O)[O-]. The molecule has 0 bridgehead atoms. The van der Waals surface area contributed by atoms with Gasteiger partial charge in [0.15, 0.2) is 4.90 Å². The lowest BCUT2D eigenvalue weighted by Crippen LogP contribution is -2.35. The van der Waals surface area contributed by atoms with Crippen LogP contribution in [0.5, 0.6) is 0 Å². The molecule has 0 saturated heterocycles. The fourth-order valence-corrected chi connectivity index (χ4v) is 3.62. The highest BCUT2D eigenvalue weighted by Crippen LogP contribution is 2.26. The monoisotopic (exact) mass is 311 g/mol. The average molecular weight is 311 g/mol. The summed E-state index contributed by atoms with van der Waals surface area (Å²) in [4.78, 5) is 9.94. The number of benzene rings is 1. The summed E-state index contributed by atoms with van der Waals surface area (Å²) in [6, 6.07) is 7.12. The van der Waals surface area contributed by atoms with Crippen LogP contribution in [-0.4, -0.2) is 30.7 Å². The fraction of sp³-hybridized carbons (Fsp3) is 0.462. The van der Waals surface area contributed by atoms with Crippen LogP contribution in [0.1, 0.15) is 20.3 Å². The summed E-state index contributed by atoms with van der Waals surface area (Å²) in [5.41, 5.74) is -0.455. The maximum Gasteiger partial charge on any atom is 0.289 e. The van der Waals surface area contributed by atoms with Gasteiger partial charge in [-0.25, -0.2) is 8.42 Å². The van der Waals surface area contributed by atoms with Gasteiger partial charge in [0.1, 0.15) is 0 Å². The highest BCUT2D eigenvalue weighted by Gasteiger charge is 2.31. The molecular formula is C13H17N3O4S. The van der Waals surface area contributed by atoms with Crippen molar-refractivity contribution in [2.75, 3.05) is 13.1 Å². The lowest BCUT2D eigenvalue weighted by molar-refractivity contribution is -0.387. The lowest BCUT2D eigenvalue weighted by atomic mass is 10.2. The van der Waals surface area contributed by atoms with Gasteiger partial charge in [-0.1, -0.05) is 26.0 Å². The summed E-state index contributed by atoms with van der Waals surface area (Å²) in [7, 11) is -4.00. The van der Waals surface area contributed by atoms with Crippen LogP contribution in [0.2, 0.25) is 0 Å². The van der Waals surface area contributed by atoms with E-state index in [2.05, 4.69) is 0 Å². The highest BCUT2D eigenvalue weighted by atomic mass is 32.2. The topological polar surface area (TPSA) is 104 Å². The number of para-hydroxylation sites is 1. The Morgan fingerprint density at radius 2 is 2.00 bits per heavy atom. The van der Waals surface area contributed by atoms with Crippen molar-refractivity contribution in [1.29, 1.82) is 5.26 Å². The molecule has 0 saturated carbocycles. The Morgan fingerprint density at radius 1 is 1.38 bits per heavy atom. The molecule has 0 amide bonds. The number of nitro groups is 1. The molecule has 7 nitrogen and oxygen atoms in total. The van der Waals surface area contributed by atoms with Gasteiger partial charge in [0, 0.05) is 25.6 Å². The van der Waals surface area contributed by atoms with Gasteiger partial charge in [-0.3, -0.25) is 10.1 Å². The zero-order chi connectivity index (χ0) is 16.0. The van der Waals surface area contributed by atoms with Crippen molar-refractivity contribution in [2.24, 2.45) is 5.92 Å². The van der Waals surface area contributed by atoms with Crippen LogP contribution in [0.15, 0.2) is 29.2 Å². The average Bonchev–Trinajstić information content (AvgIpc) is 2.42. The number of rotatable bonds is 7. The highest BCUT2D eigenvalue weighted by molar-refractivity contribution is 7.89. The molecule has 0 radical (unpaired) electrons. The molecule has 0 atom stereocenters. The van der Waals surface area contributed by atoms with Gasteiger partial charge in [0.25, 0.3) is 5.69 Å².